The van der Waals surface area contributed by atoms with Gasteiger partial charge in [0.25, 0.3) is 0 Å². The van der Waals surface area contributed by atoms with Crippen molar-refractivity contribution >= 4 is 11.3 Å². The first kappa shape index (κ1) is 14.9. The van der Waals surface area contributed by atoms with Crippen LogP contribution in [-0.2, 0) is 6.54 Å². The molecule has 0 unspecified atom stereocenters. The Labute approximate surface area is 132 Å². The first-order chi connectivity index (χ1) is 10.7. The lowest BCUT2D eigenvalue weighted by atomic mass is 10.0. The molecule has 0 aliphatic carbocycles. The van der Waals surface area contributed by atoms with Crippen LogP contribution in [0.2, 0.25) is 0 Å². The molecule has 6 nitrogen and oxygen atoms in total. The summed E-state index contributed by atoms with van der Waals surface area (Å²) in [6, 6.07) is 4.10. The summed E-state index contributed by atoms with van der Waals surface area (Å²) in [5, 5.41) is 13.5. The normalized spacial score (nSPS) is 12.7. The lowest BCUT2D eigenvalue weighted by molar-refractivity contribution is 0.354. The number of nitrogens with zero attached hydrogens (tertiary/aromatic N) is 3. The van der Waals surface area contributed by atoms with Crippen molar-refractivity contribution < 1.29 is 9.05 Å². The fourth-order valence-corrected chi connectivity index (χ4v) is 3.13. The second-order valence-electron chi connectivity index (χ2n) is 5.07. The third-order valence-electron chi connectivity index (χ3n) is 3.55. The van der Waals surface area contributed by atoms with Crippen LogP contribution in [0.5, 0.6) is 0 Å². The summed E-state index contributed by atoms with van der Waals surface area (Å²) in [6.45, 7) is 6.52. The van der Waals surface area contributed by atoms with Crippen molar-refractivity contribution in [3.63, 3.8) is 0 Å². The van der Waals surface area contributed by atoms with Gasteiger partial charge in [0, 0.05) is 11.6 Å². The zero-order valence-electron chi connectivity index (χ0n) is 12.8. The minimum absolute atomic E-state index is 0.156. The maximum Gasteiger partial charge on any atom is 0.240 e. The molecular formula is C15H18N4O2S. The quantitative estimate of drug-likeness (QED) is 0.747. The van der Waals surface area contributed by atoms with E-state index in [4.69, 9.17) is 9.05 Å². The van der Waals surface area contributed by atoms with Gasteiger partial charge >= 0.3 is 0 Å². The van der Waals surface area contributed by atoms with Crippen LogP contribution in [0.25, 0.3) is 10.7 Å². The van der Waals surface area contributed by atoms with E-state index in [9.17, 15) is 0 Å². The highest BCUT2D eigenvalue weighted by Gasteiger charge is 2.19. The first-order valence-electron chi connectivity index (χ1n) is 7.21. The van der Waals surface area contributed by atoms with Crippen LogP contribution < -0.4 is 5.32 Å². The van der Waals surface area contributed by atoms with Crippen molar-refractivity contribution in [3.8, 4) is 10.7 Å². The molecule has 3 aromatic rings. The number of hydrogen-bond acceptors (Lipinski definition) is 7. The lowest BCUT2D eigenvalue weighted by Gasteiger charge is -2.15. The molecule has 3 rings (SSSR count). The minimum atomic E-state index is 0.156. The van der Waals surface area contributed by atoms with E-state index in [2.05, 4.69) is 27.5 Å². The number of nitrogens with one attached hydrogen (secondary N) is 1. The second-order valence-corrected chi connectivity index (χ2v) is 6.02. The van der Waals surface area contributed by atoms with Crippen LogP contribution in [0.3, 0.4) is 0 Å². The van der Waals surface area contributed by atoms with Gasteiger partial charge in [-0.15, -0.1) is 11.3 Å². The molecule has 0 radical (unpaired) electrons. The molecule has 0 aliphatic heterocycles. The number of rotatable bonds is 6. The van der Waals surface area contributed by atoms with Crippen molar-refractivity contribution in [3.05, 3.63) is 40.4 Å². The van der Waals surface area contributed by atoms with Gasteiger partial charge in [0.15, 0.2) is 0 Å². The predicted molar refractivity (Wildman–Crippen MR) is 83.5 cm³/mol. The van der Waals surface area contributed by atoms with E-state index in [0.717, 1.165) is 28.3 Å². The molecule has 0 saturated heterocycles. The molecular weight excluding hydrogens is 300 g/mol. The highest BCUT2D eigenvalue weighted by molar-refractivity contribution is 7.13. The third kappa shape index (κ3) is 2.95. The standard InChI is InChI=1S/C15H18N4O2S/c1-4-11(14-9(2)18-20-10(14)3)16-8-13-17-15(19-21-13)12-6-5-7-22-12/h5-7,11,16H,4,8H2,1-3H3/t11-/m1/s1. The van der Waals surface area contributed by atoms with Gasteiger partial charge in [0.1, 0.15) is 5.76 Å². The molecule has 0 saturated carbocycles. The fourth-order valence-electron chi connectivity index (χ4n) is 2.48. The van der Waals surface area contributed by atoms with E-state index in [1.165, 1.54) is 0 Å². The number of aryl methyl sites for hydroxylation is 2. The Hall–Kier alpha value is -1.99. The van der Waals surface area contributed by atoms with E-state index >= 15 is 0 Å². The van der Waals surface area contributed by atoms with Gasteiger partial charge in [-0.25, -0.2) is 0 Å². The summed E-state index contributed by atoms with van der Waals surface area (Å²) in [4.78, 5) is 5.42. The molecule has 0 amide bonds. The van der Waals surface area contributed by atoms with Crippen LogP contribution in [0, 0.1) is 13.8 Å². The van der Waals surface area contributed by atoms with E-state index in [0.29, 0.717) is 18.3 Å². The van der Waals surface area contributed by atoms with Gasteiger partial charge in [0.05, 0.1) is 17.1 Å². The maximum atomic E-state index is 5.31. The van der Waals surface area contributed by atoms with Gasteiger partial charge < -0.3 is 14.4 Å². The van der Waals surface area contributed by atoms with E-state index < -0.39 is 0 Å². The summed E-state index contributed by atoms with van der Waals surface area (Å²) in [6.07, 6.45) is 0.925. The second kappa shape index (κ2) is 6.41. The van der Waals surface area contributed by atoms with Gasteiger partial charge in [-0.3, -0.25) is 0 Å². The Morgan fingerprint density at radius 2 is 2.14 bits per heavy atom. The average Bonchev–Trinajstić information content (AvgIpc) is 3.23. The molecule has 1 atom stereocenters. The van der Waals surface area contributed by atoms with Crippen molar-refractivity contribution in [2.75, 3.05) is 0 Å². The van der Waals surface area contributed by atoms with Crippen molar-refractivity contribution in [2.24, 2.45) is 0 Å². The highest BCUT2D eigenvalue weighted by Crippen LogP contribution is 2.25. The van der Waals surface area contributed by atoms with Crippen LogP contribution in [-0.4, -0.2) is 15.3 Å². The highest BCUT2D eigenvalue weighted by atomic mass is 32.1. The predicted octanol–water partition coefficient (Wildman–Crippen LogP) is 3.64. The summed E-state index contributed by atoms with van der Waals surface area (Å²) in [5.74, 6) is 2.06. The lowest BCUT2D eigenvalue weighted by Crippen LogP contribution is -2.21. The number of hydrogen-bond donors (Lipinski definition) is 1. The monoisotopic (exact) mass is 318 g/mol. The fraction of sp³-hybridized carbons (Fsp3) is 0.400. The van der Waals surface area contributed by atoms with E-state index in [-0.39, 0.29) is 6.04 Å². The summed E-state index contributed by atoms with van der Waals surface area (Å²) >= 11 is 1.59. The molecule has 0 aliphatic rings. The van der Waals surface area contributed by atoms with Gasteiger partial charge in [-0.05, 0) is 31.7 Å². The molecule has 7 heteroatoms. The summed E-state index contributed by atoms with van der Waals surface area (Å²) in [7, 11) is 0. The number of aromatic nitrogens is 3. The summed E-state index contributed by atoms with van der Waals surface area (Å²) < 4.78 is 10.5. The Kier molecular flexibility index (Phi) is 4.35. The molecule has 22 heavy (non-hydrogen) atoms. The summed E-state index contributed by atoms with van der Waals surface area (Å²) in [5.41, 5.74) is 2.03. The van der Waals surface area contributed by atoms with Crippen LogP contribution >= 0.6 is 11.3 Å². The molecule has 116 valence electrons. The Bertz CT molecular complexity index is 713. The van der Waals surface area contributed by atoms with Gasteiger partial charge in [-0.2, -0.15) is 4.98 Å². The van der Waals surface area contributed by atoms with Crippen LogP contribution in [0.15, 0.2) is 26.6 Å². The minimum Gasteiger partial charge on any atom is -0.361 e. The SMILES string of the molecule is CC[C@@H](NCc1nc(-c2cccs2)no1)c1c(C)noc1C. The van der Waals surface area contributed by atoms with E-state index in [1.807, 2.05) is 31.4 Å². The molecule has 0 spiro atoms. The number of thiophene rings is 1. The largest absolute Gasteiger partial charge is 0.361 e. The molecule has 3 aromatic heterocycles. The van der Waals surface area contributed by atoms with Crippen molar-refractivity contribution in [1.29, 1.82) is 0 Å². The Balaban J connectivity index is 1.69. The average molecular weight is 318 g/mol. The molecule has 1 N–H and O–H groups in total. The molecule has 3 heterocycles. The zero-order chi connectivity index (χ0) is 15.5. The van der Waals surface area contributed by atoms with Crippen LogP contribution in [0.4, 0.5) is 0 Å². The molecule has 0 bridgehead atoms. The first-order valence-corrected chi connectivity index (χ1v) is 8.09. The Morgan fingerprint density at radius 3 is 2.77 bits per heavy atom. The third-order valence-corrected chi connectivity index (χ3v) is 4.42. The van der Waals surface area contributed by atoms with Crippen molar-refractivity contribution in [2.45, 2.75) is 39.8 Å². The zero-order valence-corrected chi connectivity index (χ0v) is 13.6. The Morgan fingerprint density at radius 1 is 1.27 bits per heavy atom. The van der Waals surface area contributed by atoms with Gasteiger partial charge in [0.2, 0.25) is 11.7 Å². The van der Waals surface area contributed by atoms with Crippen molar-refractivity contribution in [1.82, 2.24) is 20.6 Å². The topological polar surface area (TPSA) is 77.0 Å². The molecule has 0 fully saturated rings. The molecule has 0 aromatic carbocycles. The smallest absolute Gasteiger partial charge is 0.240 e. The maximum absolute atomic E-state index is 5.31. The van der Waals surface area contributed by atoms with Gasteiger partial charge in [-0.1, -0.05) is 23.3 Å². The van der Waals surface area contributed by atoms with Crippen LogP contribution in [0.1, 0.15) is 42.3 Å². The van der Waals surface area contributed by atoms with E-state index in [1.54, 1.807) is 11.3 Å².